The molecule has 17 heavy (non-hydrogen) atoms. The predicted molar refractivity (Wildman–Crippen MR) is 67.0 cm³/mol. The summed E-state index contributed by atoms with van der Waals surface area (Å²) in [5.41, 5.74) is 1.34. The number of hydrogen-bond acceptors (Lipinski definition) is 4. The highest BCUT2D eigenvalue weighted by atomic mass is 16.5. The third-order valence-electron chi connectivity index (χ3n) is 2.60. The van der Waals surface area contributed by atoms with Crippen molar-refractivity contribution in [3.8, 4) is 11.5 Å². The number of ketones is 1. The van der Waals surface area contributed by atoms with Gasteiger partial charge in [-0.2, -0.15) is 0 Å². The van der Waals surface area contributed by atoms with E-state index in [-0.39, 0.29) is 29.7 Å². The van der Waals surface area contributed by atoms with Crippen LogP contribution in [0.15, 0.2) is 12.1 Å². The molecule has 4 nitrogen and oxygen atoms in total. The second kappa shape index (κ2) is 5.68. The van der Waals surface area contributed by atoms with Gasteiger partial charge in [-0.05, 0) is 30.7 Å². The van der Waals surface area contributed by atoms with Crippen molar-refractivity contribution in [2.45, 2.75) is 19.8 Å². The van der Waals surface area contributed by atoms with Crippen LogP contribution in [0.1, 0.15) is 35.7 Å². The standard InChI is InChI=1S/C13H19NO3/c1-8(2)9-5-10(12(16)7-14-3)13(17-4)11(15)6-9/h5-6,8,14-15H,7H2,1-4H3. The van der Waals surface area contributed by atoms with Crippen LogP contribution in [0.25, 0.3) is 0 Å². The maximum atomic E-state index is 11.9. The van der Waals surface area contributed by atoms with E-state index in [0.717, 1.165) is 5.56 Å². The summed E-state index contributed by atoms with van der Waals surface area (Å²) < 4.78 is 5.08. The zero-order chi connectivity index (χ0) is 13.0. The molecule has 1 aromatic carbocycles. The van der Waals surface area contributed by atoms with Gasteiger partial charge in [0.25, 0.3) is 0 Å². The van der Waals surface area contributed by atoms with Crippen LogP contribution in [0.2, 0.25) is 0 Å². The van der Waals surface area contributed by atoms with Crippen molar-refractivity contribution < 1.29 is 14.6 Å². The fourth-order valence-corrected chi connectivity index (χ4v) is 1.65. The Bertz CT molecular complexity index is 413. The van der Waals surface area contributed by atoms with E-state index in [2.05, 4.69) is 5.32 Å². The van der Waals surface area contributed by atoms with Gasteiger partial charge >= 0.3 is 0 Å². The number of benzene rings is 1. The van der Waals surface area contributed by atoms with Crippen LogP contribution in [0.4, 0.5) is 0 Å². The topological polar surface area (TPSA) is 58.6 Å². The minimum absolute atomic E-state index is 0.0122. The fourth-order valence-electron chi connectivity index (χ4n) is 1.65. The molecule has 1 rings (SSSR count). The first kappa shape index (κ1) is 13.5. The molecule has 0 aliphatic carbocycles. The van der Waals surface area contributed by atoms with Crippen LogP contribution in [-0.4, -0.2) is 31.6 Å². The SMILES string of the molecule is CNCC(=O)c1cc(C(C)C)cc(O)c1OC. The molecule has 0 radical (unpaired) electrons. The Morgan fingerprint density at radius 1 is 1.47 bits per heavy atom. The van der Waals surface area contributed by atoms with Crippen LogP contribution in [0.5, 0.6) is 11.5 Å². The van der Waals surface area contributed by atoms with Gasteiger partial charge < -0.3 is 15.2 Å². The van der Waals surface area contributed by atoms with Gasteiger partial charge in [0, 0.05) is 0 Å². The summed E-state index contributed by atoms with van der Waals surface area (Å²) in [5, 5.41) is 12.6. The van der Waals surface area contributed by atoms with Crippen molar-refractivity contribution in [1.82, 2.24) is 5.32 Å². The average Bonchev–Trinajstić information content (AvgIpc) is 2.28. The quantitative estimate of drug-likeness (QED) is 0.768. The summed E-state index contributed by atoms with van der Waals surface area (Å²) in [6, 6.07) is 3.42. The van der Waals surface area contributed by atoms with Gasteiger partial charge in [0.1, 0.15) is 0 Å². The van der Waals surface area contributed by atoms with E-state index in [9.17, 15) is 9.90 Å². The highest BCUT2D eigenvalue weighted by molar-refractivity contribution is 6.01. The number of methoxy groups -OCH3 is 1. The Morgan fingerprint density at radius 2 is 2.12 bits per heavy atom. The third kappa shape index (κ3) is 2.97. The molecule has 94 valence electrons. The Hall–Kier alpha value is -1.55. The number of phenolic OH excluding ortho intramolecular Hbond substituents is 1. The number of phenols is 1. The monoisotopic (exact) mass is 237 g/mol. The summed E-state index contributed by atoms with van der Waals surface area (Å²) in [6.07, 6.45) is 0. The largest absolute Gasteiger partial charge is 0.504 e. The molecule has 1 aromatic rings. The average molecular weight is 237 g/mol. The molecule has 0 heterocycles. The van der Waals surface area contributed by atoms with Crippen LogP contribution in [0, 0.1) is 0 Å². The van der Waals surface area contributed by atoms with E-state index in [4.69, 9.17) is 4.74 Å². The van der Waals surface area contributed by atoms with Crippen LogP contribution in [-0.2, 0) is 0 Å². The minimum Gasteiger partial charge on any atom is -0.504 e. The molecule has 0 saturated heterocycles. The summed E-state index contributed by atoms with van der Waals surface area (Å²) in [4.78, 5) is 11.9. The maximum Gasteiger partial charge on any atom is 0.180 e. The number of Topliss-reactive ketones (excluding diaryl/α,β-unsaturated/α-hetero) is 1. The molecule has 0 bridgehead atoms. The van der Waals surface area contributed by atoms with Crippen molar-refractivity contribution in [2.75, 3.05) is 20.7 Å². The summed E-state index contributed by atoms with van der Waals surface area (Å²) in [5.74, 6) is 0.405. The van der Waals surface area contributed by atoms with Gasteiger partial charge in [0.15, 0.2) is 17.3 Å². The van der Waals surface area contributed by atoms with Gasteiger partial charge in [-0.25, -0.2) is 0 Å². The van der Waals surface area contributed by atoms with Gasteiger partial charge in [-0.15, -0.1) is 0 Å². The zero-order valence-electron chi connectivity index (χ0n) is 10.7. The smallest absolute Gasteiger partial charge is 0.180 e. The first-order valence-corrected chi connectivity index (χ1v) is 5.60. The Kier molecular flexibility index (Phi) is 4.52. The number of likely N-dealkylation sites (N-methyl/N-ethyl adjacent to an activating group) is 1. The Balaban J connectivity index is 3.28. The number of rotatable bonds is 5. The lowest BCUT2D eigenvalue weighted by Crippen LogP contribution is -2.19. The highest BCUT2D eigenvalue weighted by Crippen LogP contribution is 2.34. The normalized spacial score (nSPS) is 10.6. The van der Waals surface area contributed by atoms with E-state index in [1.807, 2.05) is 13.8 Å². The Labute approximate surface area is 102 Å². The number of aromatic hydroxyl groups is 1. The molecule has 0 unspecified atom stereocenters. The molecule has 0 fully saturated rings. The lowest BCUT2D eigenvalue weighted by atomic mass is 9.97. The van der Waals surface area contributed by atoms with Crippen molar-refractivity contribution >= 4 is 5.78 Å². The third-order valence-corrected chi connectivity index (χ3v) is 2.60. The van der Waals surface area contributed by atoms with E-state index >= 15 is 0 Å². The molecule has 0 saturated carbocycles. The first-order chi connectivity index (χ1) is 8.01. The van der Waals surface area contributed by atoms with Crippen LogP contribution >= 0.6 is 0 Å². The molecule has 0 aliphatic rings. The molecule has 0 aromatic heterocycles. The van der Waals surface area contributed by atoms with E-state index in [1.54, 1.807) is 19.2 Å². The molecular weight excluding hydrogens is 218 g/mol. The summed E-state index contributed by atoms with van der Waals surface area (Å²) in [7, 11) is 3.15. The van der Waals surface area contributed by atoms with Crippen LogP contribution < -0.4 is 10.1 Å². The van der Waals surface area contributed by atoms with Crippen molar-refractivity contribution in [2.24, 2.45) is 0 Å². The molecule has 0 aliphatic heterocycles. The number of nitrogens with one attached hydrogen (secondary N) is 1. The molecule has 0 amide bonds. The molecule has 0 spiro atoms. The molecule has 0 atom stereocenters. The van der Waals surface area contributed by atoms with Crippen molar-refractivity contribution in [1.29, 1.82) is 0 Å². The van der Waals surface area contributed by atoms with Crippen LogP contribution in [0.3, 0.4) is 0 Å². The van der Waals surface area contributed by atoms with Crippen molar-refractivity contribution in [3.05, 3.63) is 23.3 Å². The van der Waals surface area contributed by atoms with Gasteiger partial charge in [0.2, 0.25) is 0 Å². The van der Waals surface area contributed by atoms with E-state index < -0.39 is 0 Å². The number of ether oxygens (including phenoxy) is 1. The van der Waals surface area contributed by atoms with E-state index in [0.29, 0.717) is 5.56 Å². The summed E-state index contributed by atoms with van der Waals surface area (Å²) in [6.45, 7) is 4.23. The number of carbonyl (C=O) groups is 1. The minimum atomic E-state index is -0.0952. The molecule has 2 N–H and O–H groups in total. The predicted octanol–water partition coefficient (Wildman–Crippen LogP) is 1.93. The Morgan fingerprint density at radius 3 is 2.59 bits per heavy atom. The second-order valence-corrected chi connectivity index (χ2v) is 4.23. The highest BCUT2D eigenvalue weighted by Gasteiger charge is 2.17. The van der Waals surface area contributed by atoms with E-state index in [1.165, 1.54) is 7.11 Å². The molecule has 4 heteroatoms. The van der Waals surface area contributed by atoms with Gasteiger partial charge in [-0.3, -0.25) is 4.79 Å². The maximum absolute atomic E-state index is 11.9. The fraction of sp³-hybridized carbons (Fsp3) is 0.462. The number of carbonyl (C=O) groups excluding carboxylic acids is 1. The summed E-state index contributed by atoms with van der Waals surface area (Å²) >= 11 is 0. The lowest BCUT2D eigenvalue weighted by molar-refractivity contribution is 0.0990. The van der Waals surface area contributed by atoms with Gasteiger partial charge in [0.05, 0.1) is 19.2 Å². The first-order valence-electron chi connectivity index (χ1n) is 5.60. The second-order valence-electron chi connectivity index (χ2n) is 4.23. The molecular formula is C13H19NO3. The van der Waals surface area contributed by atoms with Gasteiger partial charge in [-0.1, -0.05) is 13.8 Å². The van der Waals surface area contributed by atoms with Crippen molar-refractivity contribution in [3.63, 3.8) is 0 Å². The number of hydrogen-bond donors (Lipinski definition) is 2. The lowest BCUT2D eigenvalue weighted by Gasteiger charge is -2.13. The zero-order valence-corrected chi connectivity index (χ0v) is 10.7.